The van der Waals surface area contributed by atoms with E-state index in [0.29, 0.717) is 0 Å². The molecule has 0 aliphatic carbocycles. The standard InChI is InChI=1S/C15H14N2O4/c1-10-2-7-14(18)13(8-10)15(19)16-9-11-3-5-12(6-4-11)17(20)21/h2-8,18H,9H2,1H3,(H,16,19). The largest absolute Gasteiger partial charge is 0.507 e. The van der Waals surface area contributed by atoms with Crippen molar-refractivity contribution in [2.75, 3.05) is 0 Å². The van der Waals surface area contributed by atoms with E-state index in [9.17, 15) is 20.0 Å². The van der Waals surface area contributed by atoms with Gasteiger partial charge >= 0.3 is 0 Å². The molecule has 0 spiro atoms. The van der Waals surface area contributed by atoms with Gasteiger partial charge in [0.05, 0.1) is 10.5 Å². The van der Waals surface area contributed by atoms with Gasteiger partial charge in [0.1, 0.15) is 5.75 Å². The van der Waals surface area contributed by atoms with Crippen LogP contribution in [0.15, 0.2) is 42.5 Å². The van der Waals surface area contributed by atoms with Gasteiger partial charge in [0.15, 0.2) is 0 Å². The Morgan fingerprint density at radius 3 is 2.52 bits per heavy atom. The van der Waals surface area contributed by atoms with Crippen molar-refractivity contribution in [2.24, 2.45) is 0 Å². The Morgan fingerprint density at radius 1 is 1.24 bits per heavy atom. The number of amides is 1. The minimum absolute atomic E-state index is 0.00130. The summed E-state index contributed by atoms with van der Waals surface area (Å²) in [6.45, 7) is 2.05. The smallest absolute Gasteiger partial charge is 0.269 e. The lowest BCUT2D eigenvalue weighted by molar-refractivity contribution is -0.384. The van der Waals surface area contributed by atoms with Crippen molar-refractivity contribution in [1.29, 1.82) is 0 Å². The molecule has 0 aliphatic rings. The van der Waals surface area contributed by atoms with Gasteiger partial charge in [-0.2, -0.15) is 0 Å². The maximum atomic E-state index is 12.0. The number of rotatable bonds is 4. The molecule has 0 saturated carbocycles. The van der Waals surface area contributed by atoms with Gasteiger partial charge in [-0.1, -0.05) is 23.8 Å². The lowest BCUT2D eigenvalue weighted by Crippen LogP contribution is -2.22. The normalized spacial score (nSPS) is 10.1. The molecule has 0 atom stereocenters. The number of aryl methyl sites for hydroxylation is 1. The molecule has 0 bridgehead atoms. The topological polar surface area (TPSA) is 92.5 Å². The number of non-ortho nitro benzene ring substituents is 1. The fourth-order valence-electron chi connectivity index (χ4n) is 1.84. The van der Waals surface area contributed by atoms with Crippen LogP contribution in [-0.2, 0) is 6.54 Å². The molecule has 0 fully saturated rings. The number of benzene rings is 2. The molecular weight excluding hydrogens is 272 g/mol. The number of carbonyl (C=O) groups is 1. The van der Waals surface area contributed by atoms with Crippen LogP contribution in [0.1, 0.15) is 21.5 Å². The summed E-state index contributed by atoms with van der Waals surface area (Å²) >= 11 is 0. The first kappa shape index (κ1) is 14.5. The lowest BCUT2D eigenvalue weighted by Gasteiger charge is -2.07. The van der Waals surface area contributed by atoms with Crippen molar-refractivity contribution in [1.82, 2.24) is 5.32 Å². The number of aromatic hydroxyl groups is 1. The fourth-order valence-corrected chi connectivity index (χ4v) is 1.84. The van der Waals surface area contributed by atoms with Gasteiger partial charge in [-0.3, -0.25) is 14.9 Å². The summed E-state index contributed by atoms with van der Waals surface area (Å²) in [7, 11) is 0. The number of nitrogens with one attached hydrogen (secondary N) is 1. The number of nitro groups is 1. The third-order valence-electron chi connectivity index (χ3n) is 3.00. The molecule has 0 heterocycles. The molecule has 2 aromatic rings. The third kappa shape index (κ3) is 3.56. The molecule has 108 valence electrons. The van der Waals surface area contributed by atoms with Crippen LogP contribution >= 0.6 is 0 Å². The van der Waals surface area contributed by atoms with Crippen molar-refractivity contribution < 1.29 is 14.8 Å². The monoisotopic (exact) mass is 286 g/mol. The first-order valence-corrected chi connectivity index (χ1v) is 6.28. The van der Waals surface area contributed by atoms with Crippen LogP contribution in [0.3, 0.4) is 0 Å². The maximum Gasteiger partial charge on any atom is 0.269 e. The fraction of sp³-hybridized carbons (Fsp3) is 0.133. The van der Waals surface area contributed by atoms with E-state index in [1.165, 1.54) is 18.2 Å². The van der Waals surface area contributed by atoms with Gasteiger partial charge in [0, 0.05) is 18.7 Å². The van der Waals surface area contributed by atoms with E-state index in [2.05, 4.69) is 5.32 Å². The Hall–Kier alpha value is -2.89. The van der Waals surface area contributed by atoms with E-state index in [-0.39, 0.29) is 23.5 Å². The predicted molar refractivity (Wildman–Crippen MR) is 77.1 cm³/mol. The molecule has 0 aliphatic heterocycles. The van der Waals surface area contributed by atoms with Crippen LogP contribution in [0.5, 0.6) is 5.75 Å². The summed E-state index contributed by atoms with van der Waals surface area (Å²) < 4.78 is 0. The average molecular weight is 286 g/mol. The highest BCUT2D eigenvalue weighted by atomic mass is 16.6. The summed E-state index contributed by atoms with van der Waals surface area (Å²) in [5.74, 6) is -0.476. The van der Waals surface area contributed by atoms with E-state index < -0.39 is 10.8 Å². The van der Waals surface area contributed by atoms with Gasteiger partial charge in [0.2, 0.25) is 0 Å². The molecule has 0 radical (unpaired) electrons. The van der Waals surface area contributed by atoms with Crippen LogP contribution in [0.25, 0.3) is 0 Å². The molecule has 2 rings (SSSR count). The summed E-state index contributed by atoms with van der Waals surface area (Å²) in [4.78, 5) is 22.0. The Morgan fingerprint density at radius 2 is 1.90 bits per heavy atom. The summed E-state index contributed by atoms with van der Waals surface area (Å²) in [5, 5.41) is 22.9. The van der Waals surface area contributed by atoms with Gasteiger partial charge in [-0.05, 0) is 24.6 Å². The molecule has 0 saturated heterocycles. The summed E-state index contributed by atoms with van der Waals surface area (Å²) in [6.07, 6.45) is 0. The van der Waals surface area contributed by atoms with Crippen LogP contribution < -0.4 is 5.32 Å². The second kappa shape index (κ2) is 6.04. The average Bonchev–Trinajstić information content (AvgIpc) is 2.47. The number of nitro benzene ring substituents is 1. The Bertz CT molecular complexity index is 681. The van der Waals surface area contributed by atoms with E-state index >= 15 is 0 Å². The third-order valence-corrected chi connectivity index (χ3v) is 3.00. The zero-order chi connectivity index (χ0) is 15.4. The van der Waals surface area contributed by atoms with Crippen LogP contribution in [0.2, 0.25) is 0 Å². The number of hydrogen-bond acceptors (Lipinski definition) is 4. The van der Waals surface area contributed by atoms with Gasteiger partial charge in [-0.25, -0.2) is 0 Å². The summed E-state index contributed by atoms with van der Waals surface area (Å²) in [6, 6.07) is 10.7. The van der Waals surface area contributed by atoms with Crippen molar-refractivity contribution in [3.05, 3.63) is 69.3 Å². The number of nitrogens with zero attached hydrogens (tertiary/aromatic N) is 1. The lowest BCUT2D eigenvalue weighted by atomic mass is 10.1. The summed E-state index contributed by atoms with van der Waals surface area (Å²) in [5.41, 5.74) is 1.81. The zero-order valence-electron chi connectivity index (χ0n) is 11.4. The number of carbonyl (C=O) groups excluding carboxylic acids is 1. The van der Waals surface area contributed by atoms with Gasteiger partial charge in [0.25, 0.3) is 11.6 Å². The van der Waals surface area contributed by atoms with Crippen molar-refractivity contribution in [2.45, 2.75) is 13.5 Å². The molecular formula is C15H14N2O4. The Labute approximate surface area is 121 Å². The first-order chi connectivity index (χ1) is 9.97. The van der Waals surface area contributed by atoms with E-state index in [0.717, 1.165) is 11.1 Å². The molecule has 0 unspecified atom stereocenters. The van der Waals surface area contributed by atoms with Crippen molar-refractivity contribution in [3.63, 3.8) is 0 Å². The molecule has 6 nitrogen and oxygen atoms in total. The van der Waals surface area contributed by atoms with E-state index in [4.69, 9.17) is 0 Å². The Kier molecular flexibility index (Phi) is 4.18. The van der Waals surface area contributed by atoms with Crippen molar-refractivity contribution in [3.8, 4) is 5.75 Å². The SMILES string of the molecule is Cc1ccc(O)c(C(=O)NCc2ccc([N+](=O)[O-])cc2)c1. The highest BCUT2D eigenvalue weighted by Gasteiger charge is 2.11. The van der Waals surface area contributed by atoms with Crippen molar-refractivity contribution >= 4 is 11.6 Å². The second-order valence-electron chi connectivity index (χ2n) is 4.63. The highest BCUT2D eigenvalue weighted by Crippen LogP contribution is 2.18. The van der Waals surface area contributed by atoms with E-state index in [1.54, 1.807) is 24.3 Å². The number of hydrogen-bond donors (Lipinski definition) is 2. The minimum Gasteiger partial charge on any atom is -0.507 e. The molecule has 21 heavy (non-hydrogen) atoms. The second-order valence-corrected chi connectivity index (χ2v) is 4.63. The highest BCUT2D eigenvalue weighted by molar-refractivity contribution is 5.96. The molecule has 0 aromatic heterocycles. The molecule has 1 amide bonds. The quantitative estimate of drug-likeness (QED) is 0.667. The molecule has 2 N–H and O–H groups in total. The molecule has 6 heteroatoms. The van der Waals surface area contributed by atoms with E-state index in [1.807, 2.05) is 6.92 Å². The molecule has 2 aromatic carbocycles. The maximum absolute atomic E-state index is 12.0. The first-order valence-electron chi connectivity index (χ1n) is 6.28. The number of phenolic OH excluding ortho intramolecular Hbond substituents is 1. The minimum atomic E-state index is -0.479. The predicted octanol–water partition coefficient (Wildman–Crippen LogP) is 2.54. The number of phenols is 1. The van der Waals surface area contributed by atoms with Crippen LogP contribution in [0, 0.1) is 17.0 Å². The van der Waals surface area contributed by atoms with Crippen LogP contribution in [0.4, 0.5) is 5.69 Å². The van der Waals surface area contributed by atoms with Crippen LogP contribution in [-0.4, -0.2) is 15.9 Å². The van der Waals surface area contributed by atoms with Gasteiger partial charge < -0.3 is 10.4 Å². The van der Waals surface area contributed by atoms with Gasteiger partial charge in [-0.15, -0.1) is 0 Å². The Balaban J connectivity index is 2.04. The zero-order valence-corrected chi connectivity index (χ0v) is 11.4.